The predicted molar refractivity (Wildman–Crippen MR) is 93.1 cm³/mol. The minimum Gasteiger partial charge on any atom is -0.388 e. The lowest BCUT2D eigenvalue weighted by Crippen LogP contribution is -1.88. The number of hydrogen-bond donors (Lipinski definition) is 2. The maximum atomic E-state index is 7.36. The van der Waals surface area contributed by atoms with Crippen LogP contribution in [0.3, 0.4) is 0 Å². The maximum absolute atomic E-state index is 7.36. The van der Waals surface area contributed by atoms with Crippen LogP contribution in [0.25, 0.3) is 20.2 Å². The maximum Gasteiger partial charge on any atom is 0.0375 e. The molecule has 2 nitrogen and oxygen atoms in total. The molecule has 0 aliphatic carbocycles. The predicted octanol–water partition coefficient (Wildman–Crippen LogP) is 5.01. The highest BCUT2D eigenvalue weighted by Crippen LogP contribution is 2.38. The fourth-order valence-electron chi connectivity index (χ4n) is 2.46. The Bertz CT molecular complexity index is 790. The molecule has 0 bridgehead atoms. The van der Waals surface area contributed by atoms with E-state index >= 15 is 0 Å². The van der Waals surface area contributed by atoms with Crippen molar-refractivity contribution >= 4 is 55.2 Å². The summed E-state index contributed by atoms with van der Waals surface area (Å²) in [6.45, 7) is 0. The molecule has 102 valence electrons. The van der Waals surface area contributed by atoms with E-state index in [2.05, 4.69) is 41.9 Å². The van der Waals surface area contributed by atoms with Gasteiger partial charge >= 0.3 is 0 Å². The molecule has 1 heterocycles. The number of benzene rings is 2. The standard InChI is InChI=1S/C16H16N2S2/c1-18-11-3-4-12-13-7-10(5-6-17)14(19-2)9-16(13)20-15(12)8-11/h3-4,6-9,17-18H,5H2,1-2H3. The van der Waals surface area contributed by atoms with E-state index in [1.165, 1.54) is 36.8 Å². The highest BCUT2D eigenvalue weighted by atomic mass is 32.2. The van der Waals surface area contributed by atoms with Crippen LogP contribution in [0.2, 0.25) is 0 Å². The smallest absolute Gasteiger partial charge is 0.0375 e. The highest BCUT2D eigenvalue weighted by molar-refractivity contribution is 7.98. The summed E-state index contributed by atoms with van der Waals surface area (Å²) in [5.74, 6) is 0. The number of hydrogen-bond acceptors (Lipinski definition) is 4. The molecule has 20 heavy (non-hydrogen) atoms. The average Bonchev–Trinajstić information content (AvgIpc) is 2.83. The van der Waals surface area contributed by atoms with E-state index in [9.17, 15) is 0 Å². The summed E-state index contributed by atoms with van der Waals surface area (Å²) >= 11 is 3.60. The van der Waals surface area contributed by atoms with Crippen LogP contribution in [0.5, 0.6) is 0 Å². The lowest BCUT2D eigenvalue weighted by Gasteiger charge is -2.05. The Balaban J connectivity index is 2.30. The van der Waals surface area contributed by atoms with Crippen LogP contribution in [0.15, 0.2) is 35.2 Å². The largest absolute Gasteiger partial charge is 0.388 e. The van der Waals surface area contributed by atoms with Gasteiger partial charge in [-0.05, 0) is 42.3 Å². The quantitative estimate of drug-likeness (QED) is 0.525. The van der Waals surface area contributed by atoms with Gasteiger partial charge in [0.15, 0.2) is 0 Å². The van der Waals surface area contributed by atoms with Crippen molar-refractivity contribution in [2.75, 3.05) is 18.6 Å². The van der Waals surface area contributed by atoms with Crippen molar-refractivity contribution in [1.82, 2.24) is 0 Å². The minimum atomic E-state index is 0.706. The Morgan fingerprint density at radius 2 is 2.00 bits per heavy atom. The van der Waals surface area contributed by atoms with Gasteiger partial charge in [0.05, 0.1) is 0 Å². The summed E-state index contributed by atoms with van der Waals surface area (Å²) in [6.07, 6.45) is 4.29. The summed E-state index contributed by atoms with van der Waals surface area (Å²) in [7, 11) is 1.95. The first-order chi connectivity index (χ1) is 9.76. The second kappa shape index (κ2) is 5.46. The number of rotatable bonds is 4. The van der Waals surface area contributed by atoms with Gasteiger partial charge in [0.1, 0.15) is 0 Å². The number of fused-ring (bicyclic) bond motifs is 3. The summed E-state index contributed by atoms with van der Waals surface area (Å²) in [5.41, 5.74) is 2.39. The van der Waals surface area contributed by atoms with E-state index in [-0.39, 0.29) is 0 Å². The summed E-state index contributed by atoms with van der Waals surface area (Å²) in [6, 6.07) is 11.0. The molecule has 4 heteroatoms. The molecular formula is C16H16N2S2. The average molecular weight is 300 g/mol. The van der Waals surface area contributed by atoms with Crippen molar-refractivity contribution in [2.24, 2.45) is 0 Å². The SMILES string of the molecule is CNc1ccc2c(c1)sc1cc(SC)c(CC=N)cc12. The van der Waals surface area contributed by atoms with Gasteiger partial charge in [0.25, 0.3) is 0 Å². The molecule has 0 saturated carbocycles. The third kappa shape index (κ3) is 2.19. The highest BCUT2D eigenvalue weighted by Gasteiger charge is 2.10. The van der Waals surface area contributed by atoms with Gasteiger partial charge in [-0.2, -0.15) is 0 Å². The van der Waals surface area contributed by atoms with Gasteiger partial charge in [0.2, 0.25) is 0 Å². The number of thioether (sulfide) groups is 1. The van der Waals surface area contributed by atoms with Crippen LogP contribution in [-0.2, 0) is 6.42 Å². The molecule has 3 aromatic rings. The van der Waals surface area contributed by atoms with E-state index < -0.39 is 0 Å². The Hall–Kier alpha value is -1.52. The second-order valence-electron chi connectivity index (χ2n) is 4.63. The molecule has 3 rings (SSSR count). The minimum absolute atomic E-state index is 0.706. The lowest BCUT2D eigenvalue weighted by molar-refractivity contribution is 1.25. The van der Waals surface area contributed by atoms with Crippen molar-refractivity contribution < 1.29 is 0 Å². The zero-order chi connectivity index (χ0) is 14.1. The first kappa shape index (κ1) is 13.5. The molecule has 0 spiro atoms. The third-order valence-electron chi connectivity index (χ3n) is 3.48. The summed E-state index contributed by atoms with van der Waals surface area (Å²) in [5, 5.41) is 13.2. The zero-order valence-corrected chi connectivity index (χ0v) is 13.1. The van der Waals surface area contributed by atoms with Crippen LogP contribution >= 0.6 is 23.1 Å². The molecule has 0 unspecified atom stereocenters. The van der Waals surface area contributed by atoms with Gasteiger partial charge in [0, 0.05) is 44.2 Å². The normalized spacial score (nSPS) is 11.1. The molecule has 0 aliphatic heterocycles. The number of anilines is 1. The van der Waals surface area contributed by atoms with Crippen molar-refractivity contribution in [3.05, 3.63) is 35.9 Å². The number of nitrogens with one attached hydrogen (secondary N) is 2. The van der Waals surface area contributed by atoms with Crippen LogP contribution in [0.1, 0.15) is 5.56 Å². The fourth-order valence-corrected chi connectivity index (χ4v) is 4.34. The van der Waals surface area contributed by atoms with Gasteiger partial charge in [-0.1, -0.05) is 6.07 Å². The molecule has 0 saturated heterocycles. The topological polar surface area (TPSA) is 35.9 Å². The molecule has 0 atom stereocenters. The van der Waals surface area contributed by atoms with E-state index in [0.29, 0.717) is 6.42 Å². The van der Waals surface area contributed by atoms with Crippen molar-refractivity contribution in [3.8, 4) is 0 Å². The Morgan fingerprint density at radius 1 is 1.20 bits per heavy atom. The lowest BCUT2D eigenvalue weighted by atomic mass is 10.1. The first-order valence-corrected chi connectivity index (χ1v) is 8.51. The molecule has 0 amide bonds. The monoisotopic (exact) mass is 300 g/mol. The Labute approximate surface area is 126 Å². The van der Waals surface area contributed by atoms with E-state index in [0.717, 1.165) is 5.69 Å². The number of thiophene rings is 1. The van der Waals surface area contributed by atoms with Crippen LogP contribution in [0.4, 0.5) is 5.69 Å². The van der Waals surface area contributed by atoms with Crippen LogP contribution in [-0.4, -0.2) is 19.5 Å². The van der Waals surface area contributed by atoms with Crippen molar-refractivity contribution in [1.29, 1.82) is 5.41 Å². The van der Waals surface area contributed by atoms with E-state index in [4.69, 9.17) is 5.41 Å². The Kier molecular flexibility index (Phi) is 3.68. The molecular weight excluding hydrogens is 284 g/mol. The van der Waals surface area contributed by atoms with Crippen LogP contribution in [0, 0.1) is 5.41 Å². The van der Waals surface area contributed by atoms with Crippen LogP contribution < -0.4 is 5.32 Å². The zero-order valence-electron chi connectivity index (χ0n) is 11.5. The van der Waals surface area contributed by atoms with Crippen molar-refractivity contribution in [2.45, 2.75) is 11.3 Å². The van der Waals surface area contributed by atoms with Gasteiger partial charge < -0.3 is 10.7 Å². The molecule has 0 fully saturated rings. The van der Waals surface area contributed by atoms with Gasteiger partial charge in [-0.15, -0.1) is 23.1 Å². The summed E-state index contributed by atoms with van der Waals surface area (Å²) < 4.78 is 2.64. The molecule has 2 N–H and O–H groups in total. The first-order valence-electron chi connectivity index (χ1n) is 6.46. The Morgan fingerprint density at radius 3 is 2.70 bits per heavy atom. The van der Waals surface area contributed by atoms with Crippen molar-refractivity contribution in [3.63, 3.8) is 0 Å². The summed E-state index contributed by atoms with van der Waals surface area (Å²) in [4.78, 5) is 1.28. The molecule has 0 radical (unpaired) electrons. The third-order valence-corrected chi connectivity index (χ3v) is 5.42. The fraction of sp³-hybridized carbons (Fsp3) is 0.188. The van der Waals surface area contributed by atoms with E-state index in [1.807, 2.05) is 18.4 Å². The van der Waals surface area contributed by atoms with E-state index in [1.54, 1.807) is 11.8 Å². The molecule has 0 aliphatic rings. The van der Waals surface area contributed by atoms with Gasteiger partial charge in [-0.3, -0.25) is 0 Å². The molecule has 2 aromatic carbocycles. The molecule has 1 aromatic heterocycles. The second-order valence-corrected chi connectivity index (χ2v) is 6.56. The van der Waals surface area contributed by atoms with Gasteiger partial charge in [-0.25, -0.2) is 0 Å².